The Kier molecular flexibility index (Phi) is 4.41. The highest BCUT2D eigenvalue weighted by molar-refractivity contribution is 7.98. The van der Waals surface area contributed by atoms with Gasteiger partial charge in [-0.1, -0.05) is 6.07 Å². The van der Waals surface area contributed by atoms with E-state index in [2.05, 4.69) is 10.3 Å². The molecule has 0 spiro atoms. The lowest BCUT2D eigenvalue weighted by Crippen LogP contribution is -2.31. The van der Waals surface area contributed by atoms with Crippen molar-refractivity contribution >= 4 is 28.6 Å². The monoisotopic (exact) mass is 302 g/mol. The number of benzene rings is 1. The number of carbonyl (C=O) groups excluding carboxylic acids is 1. The van der Waals surface area contributed by atoms with Gasteiger partial charge in [-0.05, 0) is 37.3 Å². The van der Waals surface area contributed by atoms with Crippen molar-refractivity contribution in [2.24, 2.45) is 0 Å². The first kappa shape index (κ1) is 14.4. The van der Waals surface area contributed by atoms with Crippen LogP contribution < -0.4 is 5.32 Å². The number of carbonyl (C=O) groups is 1. The number of hydrogen-bond donors (Lipinski definition) is 1. The quantitative estimate of drug-likeness (QED) is 0.882. The standard InChI is InChI=1S/C16H18N2O2S/c1-21-14-7-6-13(12-5-2-8-17-15(12)14)16(19)18-10-11-4-3-9-20-11/h2,5-8,11H,3-4,9-10H2,1H3,(H,18,19). The Balaban J connectivity index is 1.84. The van der Waals surface area contributed by atoms with Crippen molar-refractivity contribution in [1.82, 2.24) is 10.3 Å². The van der Waals surface area contributed by atoms with Gasteiger partial charge >= 0.3 is 0 Å². The third kappa shape index (κ3) is 3.04. The van der Waals surface area contributed by atoms with Crippen LogP contribution >= 0.6 is 11.8 Å². The summed E-state index contributed by atoms with van der Waals surface area (Å²) in [4.78, 5) is 17.9. The fraction of sp³-hybridized carbons (Fsp3) is 0.375. The van der Waals surface area contributed by atoms with Gasteiger partial charge in [-0.25, -0.2) is 0 Å². The molecule has 5 heteroatoms. The number of amides is 1. The predicted octanol–water partition coefficient (Wildman–Crippen LogP) is 2.87. The summed E-state index contributed by atoms with van der Waals surface area (Å²) in [6.45, 7) is 1.38. The summed E-state index contributed by atoms with van der Waals surface area (Å²) in [7, 11) is 0. The number of pyridine rings is 1. The number of thioether (sulfide) groups is 1. The topological polar surface area (TPSA) is 51.2 Å². The van der Waals surface area contributed by atoms with Crippen molar-refractivity contribution < 1.29 is 9.53 Å². The van der Waals surface area contributed by atoms with Crippen LogP contribution in [-0.2, 0) is 4.74 Å². The van der Waals surface area contributed by atoms with E-state index < -0.39 is 0 Å². The Labute approximate surface area is 128 Å². The SMILES string of the molecule is CSc1ccc(C(=O)NCC2CCCO2)c2cccnc12. The van der Waals surface area contributed by atoms with E-state index in [4.69, 9.17) is 4.74 Å². The van der Waals surface area contributed by atoms with Crippen molar-refractivity contribution in [3.8, 4) is 0 Å². The van der Waals surface area contributed by atoms with Gasteiger partial charge < -0.3 is 10.1 Å². The Morgan fingerprint density at radius 2 is 2.38 bits per heavy atom. The van der Waals surface area contributed by atoms with Gasteiger partial charge in [-0.15, -0.1) is 11.8 Å². The molecule has 21 heavy (non-hydrogen) atoms. The van der Waals surface area contributed by atoms with Gasteiger partial charge in [0.05, 0.1) is 11.6 Å². The maximum atomic E-state index is 12.4. The summed E-state index contributed by atoms with van der Waals surface area (Å²) in [6, 6.07) is 7.65. The molecule has 1 aromatic heterocycles. The predicted molar refractivity (Wildman–Crippen MR) is 84.8 cm³/mol. The van der Waals surface area contributed by atoms with Crippen LogP contribution in [0.2, 0.25) is 0 Å². The molecular formula is C16H18N2O2S. The van der Waals surface area contributed by atoms with Gasteiger partial charge in [-0.3, -0.25) is 9.78 Å². The Hall–Kier alpha value is -1.59. The Morgan fingerprint density at radius 1 is 1.48 bits per heavy atom. The summed E-state index contributed by atoms with van der Waals surface area (Å²) < 4.78 is 5.53. The lowest BCUT2D eigenvalue weighted by molar-refractivity contribution is 0.0859. The van der Waals surface area contributed by atoms with Gasteiger partial charge in [0.2, 0.25) is 0 Å². The van der Waals surface area contributed by atoms with Crippen LogP contribution in [0.15, 0.2) is 35.4 Å². The fourth-order valence-electron chi connectivity index (χ4n) is 2.62. The van der Waals surface area contributed by atoms with E-state index in [9.17, 15) is 4.79 Å². The van der Waals surface area contributed by atoms with Gasteiger partial charge in [0.1, 0.15) is 0 Å². The summed E-state index contributed by atoms with van der Waals surface area (Å²) >= 11 is 1.64. The summed E-state index contributed by atoms with van der Waals surface area (Å²) in [5, 5.41) is 3.87. The number of rotatable bonds is 4. The normalized spacial score (nSPS) is 18.0. The van der Waals surface area contributed by atoms with Gasteiger partial charge in [0, 0.05) is 35.2 Å². The minimum Gasteiger partial charge on any atom is -0.376 e. The van der Waals surface area contributed by atoms with Crippen LogP contribution in [0.5, 0.6) is 0 Å². The number of fused-ring (bicyclic) bond motifs is 1. The van der Waals surface area contributed by atoms with E-state index in [1.165, 1.54) is 0 Å². The number of nitrogens with one attached hydrogen (secondary N) is 1. The van der Waals surface area contributed by atoms with Gasteiger partial charge in [-0.2, -0.15) is 0 Å². The molecule has 1 unspecified atom stereocenters. The first-order valence-corrected chi connectivity index (χ1v) is 8.33. The molecule has 2 aromatic rings. The average Bonchev–Trinajstić information content (AvgIpc) is 3.05. The second-order valence-electron chi connectivity index (χ2n) is 5.06. The molecule has 1 N–H and O–H groups in total. The largest absolute Gasteiger partial charge is 0.376 e. The molecule has 1 aliphatic rings. The average molecular weight is 302 g/mol. The molecule has 110 valence electrons. The molecule has 1 atom stereocenters. The summed E-state index contributed by atoms with van der Waals surface area (Å²) in [6.07, 6.45) is 6.03. The zero-order valence-corrected chi connectivity index (χ0v) is 12.8. The maximum Gasteiger partial charge on any atom is 0.252 e. The lowest BCUT2D eigenvalue weighted by Gasteiger charge is -2.12. The van der Waals surface area contributed by atoms with E-state index in [1.54, 1.807) is 18.0 Å². The number of aromatic nitrogens is 1. The van der Waals surface area contributed by atoms with Gasteiger partial charge in [0.15, 0.2) is 0 Å². The molecule has 1 aromatic carbocycles. The van der Waals surface area contributed by atoms with Crippen LogP contribution in [0.3, 0.4) is 0 Å². The second-order valence-corrected chi connectivity index (χ2v) is 5.91. The molecule has 3 rings (SSSR count). The Bertz CT molecular complexity index is 654. The highest BCUT2D eigenvalue weighted by atomic mass is 32.2. The minimum atomic E-state index is -0.0591. The minimum absolute atomic E-state index is 0.0591. The summed E-state index contributed by atoms with van der Waals surface area (Å²) in [5.74, 6) is -0.0591. The Morgan fingerprint density at radius 3 is 3.14 bits per heavy atom. The van der Waals surface area contributed by atoms with Crippen LogP contribution in [0, 0.1) is 0 Å². The van der Waals surface area contributed by atoms with Crippen LogP contribution in [0.25, 0.3) is 10.9 Å². The van der Waals surface area contributed by atoms with Crippen molar-refractivity contribution in [2.75, 3.05) is 19.4 Å². The fourth-order valence-corrected chi connectivity index (χ4v) is 3.18. The zero-order chi connectivity index (χ0) is 14.7. The first-order valence-electron chi connectivity index (χ1n) is 7.11. The van der Waals surface area contributed by atoms with Crippen molar-refractivity contribution in [3.05, 3.63) is 36.0 Å². The molecule has 2 heterocycles. The number of hydrogen-bond acceptors (Lipinski definition) is 4. The summed E-state index contributed by atoms with van der Waals surface area (Å²) in [5.41, 5.74) is 1.56. The lowest BCUT2D eigenvalue weighted by atomic mass is 10.1. The molecule has 1 saturated heterocycles. The van der Waals surface area contributed by atoms with Gasteiger partial charge in [0.25, 0.3) is 5.91 Å². The number of nitrogens with zero attached hydrogens (tertiary/aromatic N) is 1. The number of ether oxygens (including phenoxy) is 1. The molecule has 4 nitrogen and oxygen atoms in total. The van der Waals surface area contributed by atoms with Crippen LogP contribution in [0.4, 0.5) is 0 Å². The molecule has 0 bridgehead atoms. The van der Waals surface area contributed by atoms with E-state index >= 15 is 0 Å². The maximum absolute atomic E-state index is 12.4. The highest BCUT2D eigenvalue weighted by Gasteiger charge is 2.18. The van der Waals surface area contributed by atoms with E-state index in [-0.39, 0.29) is 12.0 Å². The van der Waals surface area contributed by atoms with Crippen LogP contribution in [0.1, 0.15) is 23.2 Å². The molecule has 0 aliphatic carbocycles. The second kappa shape index (κ2) is 6.45. The van der Waals surface area contributed by atoms with Crippen molar-refractivity contribution in [1.29, 1.82) is 0 Å². The van der Waals surface area contributed by atoms with Crippen molar-refractivity contribution in [3.63, 3.8) is 0 Å². The molecule has 0 radical (unpaired) electrons. The van der Waals surface area contributed by atoms with E-state index in [0.717, 1.165) is 35.2 Å². The van der Waals surface area contributed by atoms with Crippen LogP contribution in [-0.4, -0.2) is 36.4 Å². The molecule has 1 fully saturated rings. The third-order valence-electron chi connectivity index (χ3n) is 3.71. The first-order chi connectivity index (χ1) is 10.3. The van der Waals surface area contributed by atoms with Crippen molar-refractivity contribution in [2.45, 2.75) is 23.8 Å². The third-order valence-corrected chi connectivity index (χ3v) is 4.48. The molecule has 0 saturated carbocycles. The highest BCUT2D eigenvalue weighted by Crippen LogP contribution is 2.27. The molecular weight excluding hydrogens is 284 g/mol. The smallest absolute Gasteiger partial charge is 0.252 e. The van der Waals surface area contributed by atoms with E-state index in [0.29, 0.717) is 12.1 Å². The van der Waals surface area contributed by atoms with E-state index in [1.807, 2.05) is 30.5 Å². The zero-order valence-electron chi connectivity index (χ0n) is 12.0. The molecule has 1 aliphatic heterocycles. The molecule has 1 amide bonds.